The first-order valence-electron chi connectivity index (χ1n) is 7.60. The highest BCUT2D eigenvalue weighted by Crippen LogP contribution is 2.40. The highest BCUT2D eigenvalue weighted by molar-refractivity contribution is 5.89. The number of aromatic nitrogens is 1. The quantitative estimate of drug-likeness (QED) is 0.795. The van der Waals surface area contributed by atoms with Gasteiger partial charge in [0.1, 0.15) is 5.82 Å². The van der Waals surface area contributed by atoms with Crippen LogP contribution in [0, 0.1) is 5.92 Å². The van der Waals surface area contributed by atoms with Crippen LogP contribution in [0.3, 0.4) is 0 Å². The Morgan fingerprint density at radius 2 is 2.05 bits per heavy atom. The highest BCUT2D eigenvalue weighted by atomic mass is 16.5. The fraction of sp³-hybridized carbons (Fsp3) is 0.625. The van der Waals surface area contributed by atoms with E-state index in [1.165, 1.54) is 25.7 Å². The van der Waals surface area contributed by atoms with Crippen molar-refractivity contribution in [2.45, 2.75) is 51.6 Å². The second-order valence-corrected chi connectivity index (χ2v) is 5.99. The first-order chi connectivity index (χ1) is 9.69. The Morgan fingerprint density at radius 1 is 1.35 bits per heavy atom. The number of nitrogens with zero attached hydrogens (tertiary/aromatic N) is 2. The van der Waals surface area contributed by atoms with Gasteiger partial charge in [0.25, 0.3) is 0 Å². The summed E-state index contributed by atoms with van der Waals surface area (Å²) in [5.74, 6) is 1.54. The number of esters is 1. The van der Waals surface area contributed by atoms with Crippen molar-refractivity contribution in [1.29, 1.82) is 0 Å². The molecule has 1 aromatic heterocycles. The molecule has 0 aliphatic carbocycles. The van der Waals surface area contributed by atoms with Gasteiger partial charge in [-0.3, -0.25) is 0 Å². The lowest BCUT2D eigenvalue weighted by Gasteiger charge is -2.38. The molecule has 0 saturated carbocycles. The minimum absolute atomic E-state index is 0.290. The molecule has 0 aromatic carbocycles. The van der Waals surface area contributed by atoms with Gasteiger partial charge >= 0.3 is 5.97 Å². The fourth-order valence-electron chi connectivity index (χ4n) is 3.70. The summed E-state index contributed by atoms with van der Waals surface area (Å²) >= 11 is 0. The van der Waals surface area contributed by atoms with Crippen molar-refractivity contribution in [1.82, 2.24) is 4.98 Å². The average Bonchev–Trinajstić information content (AvgIpc) is 2.71. The molecule has 4 heteroatoms. The normalized spacial score (nSPS) is 28.5. The van der Waals surface area contributed by atoms with E-state index < -0.39 is 0 Å². The van der Waals surface area contributed by atoms with E-state index >= 15 is 0 Å². The monoisotopic (exact) mass is 274 g/mol. The van der Waals surface area contributed by atoms with Gasteiger partial charge in [-0.1, -0.05) is 6.92 Å². The third-order valence-electron chi connectivity index (χ3n) is 4.49. The minimum Gasteiger partial charge on any atom is -0.462 e. The molecule has 0 amide bonds. The van der Waals surface area contributed by atoms with Crippen LogP contribution in [-0.4, -0.2) is 29.6 Å². The zero-order chi connectivity index (χ0) is 14.1. The van der Waals surface area contributed by atoms with E-state index in [2.05, 4.69) is 16.8 Å². The molecule has 108 valence electrons. The second-order valence-electron chi connectivity index (χ2n) is 5.99. The molecule has 2 aliphatic heterocycles. The first-order valence-corrected chi connectivity index (χ1v) is 7.60. The lowest BCUT2D eigenvalue weighted by molar-refractivity contribution is 0.0526. The first kappa shape index (κ1) is 13.4. The Kier molecular flexibility index (Phi) is 3.64. The van der Waals surface area contributed by atoms with E-state index in [-0.39, 0.29) is 5.97 Å². The van der Waals surface area contributed by atoms with Gasteiger partial charge in [0.2, 0.25) is 0 Å². The summed E-state index contributed by atoms with van der Waals surface area (Å²) < 4.78 is 4.99. The van der Waals surface area contributed by atoms with Gasteiger partial charge in [-0.25, -0.2) is 9.78 Å². The summed E-state index contributed by atoms with van der Waals surface area (Å²) in [6, 6.07) is 5.06. The Hall–Kier alpha value is -1.58. The molecule has 2 unspecified atom stereocenters. The Balaban J connectivity index is 1.77. The molecule has 3 heterocycles. The van der Waals surface area contributed by atoms with Crippen molar-refractivity contribution in [3.63, 3.8) is 0 Å². The maximum absolute atomic E-state index is 11.6. The maximum Gasteiger partial charge on any atom is 0.339 e. The molecule has 0 N–H and O–H groups in total. The van der Waals surface area contributed by atoms with E-state index in [4.69, 9.17) is 4.74 Å². The van der Waals surface area contributed by atoms with Crippen LogP contribution in [0.25, 0.3) is 0 Å². The molecule has 4 nitrogen and oxygen atoms in total. The van der Waals surface area contributed by atoms with Crippen LogP contribution in [0.4, 0.5) is 5.82 Å². The third kappa shape index (κ3) is 2.39. The molecule has 3 rings (SSSR count). The van der Waals surface area contributed by atoms with E-state index in [1.807, 2.05) is 19.1 Å². The number of piperidine rings is 1. The van der Waals surface area contributed by atoms with Crippen molar-refractivity contribution in [3.8, 4) is 0 Å². The average molecular weight is 274 g/mol. The summed E-state index contributed by atoms with van der Waals surface area (Å²) in [5.41, 5.74) is 0.535. The summed E-state index contributed by atoms with van der Waals surface area (Å²) in [6.07, 6.45) is 6.72. The summed E-state index contributed by atoms with van der Waals surface area (Å²) in [4.78, 5) is 18.6. The van der Waals surface area contributed by atoms with Gasteiger partial charge in [-0.2, -0.15) is 0 Å². The van der Waals surface area contributed by atoms with Crippen LogP contribution in [0.1, 0.15) is 49.9 Å². The largest absolute Gasteiger partial charge is 0.462 e. The maximum atomic E-state index is 11.6. The lowest BCUT2D eigenvalue weighted by Crippen LogP contribution is -2.42. The van der Waals surface area contributed by atoms with E-state index in [0.717, 1.165) is 11.7 Å². The number of ether oxygens (including phenoxy) is 1. The number of hydrogen-bond acceptors (Lipinski definition) is 4. The third-order valence-corrected chi connectivity index (χ3v) is 4.49. The predicted molar refractivity (Wildman–Crippen MR) is 77.9 cm³/mol. The van der Waals surface area contributed by atoms with Gasteiger partial charge in [-0.05, 0) is 50.7 Å². The molecule has 0 spiro atoms. The molecular formula is C16H22N2O2. The zero-order valence-electron chi connectivity index (χ0n) is 12.2. The van der Waals surface area contributed by atoms with Gasteiger partial charge in [0, 0.05) is 18.3 Å². The highest BCUT2D eigenvalue weighted by Gasteiger charge is 2.39. The number of rotatable bonds is 3. The van der Waals surface area contributed by atoms with Gasteiger partial charge < -0.3 is 9.64 Å². The van der Waals surface area contributed by atoms with Crippen molar-refractivity contribution in [2.75, 3.05) is 11.5 Å². The van der Waals surface area contributed by atoms with Crippen LogP contribution in [0.15, 0.2) is 18.3 Å². The predicted octanol–water partition coefficient (Wildman–Crippen LogP) is 3.03. The number of carbonyl (C=O) groups is 1. The van der Waals surface area contributed by atoms with Gasteiger partial charge in [0.15, 0.2) is 0 Å². The summed E-state index contributed by atoms with van der Waals surface area (Å²) in [5, 5.41) is 0. The smallest absolute Gasteiger partial charge is 0.339 e. The molecule has 2 atom stereocenters. The van der Waals surface area contributed by atoms with Crippen LogP contribution < -0.4 is 4.90 Å². The standard InChI is InChI=1S/C16H22N2O2/c1-3-20-16(19)12-4-7-15(17-10-12)18-13-5-6-14(18)9-11(2)8-13/h4,7,10-11,13-14H,3,5-6,8-9H2,1-2H3. The Bertz CT molecular complexity index is 472. The van der Waals surface area contributed by atoms with E-state index in [1.54, 1.807) is 6.20 Å². The number of carbonyl (C=O) groups excluding carboxylic acids is 1. The fourth-order valence-corrected chi connectivity index (χ4v) is 3.70. The van der Waals surface area contributed by atoms with Crippen molar-refractivity contribution in [2.24, 2.45) is 5.92 Å². The van der Waals surface area contributed by atoms with Crippen molar-refractivity contribution >= 4 is 11.8 Å². The van der Waals surface area contributed by atoms with Crippen molar-refractivity contribution < 1.29 is 9.53 Å². The lowest BCUT2D eigenvalue weighted by atomic mass is 9.92. The summed E-state index contributed by atoms with van der Waals surface area (Å²) in [6.45, 7) is 4.56. The summed E-state index contributed by atoms with van der Waals surface area (Å²) in [7, 11) is 0. The molecule has 20 heavy (non-hydrogen) atoms. The van der Waals surface area contributed by atoms with Crippen LogP contribution in [0.5, 0.6) is 0 Å². The van der Waals surface area contributed by atoms with Gasteiger partial charge in [-0.15, -0.1) is 0 Å². The number of anilines is 1. The van der Waals surface area contributed by atoms with Crippen LogP contribution in [0.2, 0.25) is 0 Å². The molecule has 1 aromatic rings. The molecule has 2 saturated heterocycles. The number of hydrogen-bond donors (Lipinski definition) is 0. The number of fused-ring (bicyclic) bond motifs is 2. The molecule has 2 fully saturated rings. The molecule has 2 aliphatic rings. The Labute approximate surface area is 120 Å². The van der Waals surface area contributed by atoms with E-state index in [0.29, 0.717) is 24.3 Å². The molecule has 0 radical (unpaired) electrons. The number of pyridine rings is 1. The topological polar surface area (TPSA) is 42.4 Å². The van der Waals surface area contributed by atoms with E-state index in [9.17, 15) is 4.79 Å². The Morgan fingerprint density at radius 3 is 2.60 bits per heavy atom. The molecule has 2 bridgehead atoms. The minimum atomic E-state index is -0.290. The van der Waals surface area contributed by atoms with Gasteiger partial charge in [0.05, 0.1) is 12.2 Å². The molecular weight excluding hydrogens is 252 g/mol. The SMILES string of the molecule is CCOC(=O)c1ccc(N2C3CCC2CC(C)C3)nc1. The second kappa shape index (κ2) is 5.43. The van der Waals surface area contributed by atoms with Crippen LogP contribution >= 0.6 is 0 Å². The van der Waals surface area contributed by atoms with Crippen molar-refractivity contribution in [3.05, 3.63) is 23.9 Å². The van der Waals surface area contributed by atoms with Crippen LogP contribution in [-0.2, 0) is 4.74 Å². The zero-order valence-corrected chi connectivity index (χ0v) is 12.2.